The van der Waals surface area contributed by atoms with Gasteiger partial charge in [0.05, 0.1) is 6.10 Å². The summed E-state index contributed by atoms with van der Waals surface area (Å²) in [4.78, 5) is 11.3. The van der Waals surface area contributed by atoms with Gasteiger partial charge in [0.15, 0.2) is 0 Å². The van der Waals surface area contributed by atoms with Crippen molar-refractivity contribution >= 4 is 6.16 Å². The van der Waals surface area contributed by atoms with Gasteiger partial charge < -0.3 is 14.6 Å². The molecule has 0 heterocycles. The summed E-state index contributed by atoms with van der Waals surface area (Å²) in [5, 5.41) is 9.41. The van der Waals surface area contributed by atoms with Gasteiger partial charge in [-0.3, -0.25) is 0 Å². The highest BCUT2D eigenvalue weighted by Crippen LogP contribution is 2.29. The van der Waals surface area contributed by atoms with E-state index < -0.39 is 6.16 Å². The van der Waals surface area contributed by atoms with Crippen LogP contribution in [0.15, 0.2) is 25.3 Å². The summed E-state index contributed by atoms with van der Waals surface area (Å²) in [6.45, 7) is 7.27. The van der Waals surface area contributed by atoms with Gasteiger partial charge in [0.25, 0.3) is 0 Å². The van der Waals surface area contributed by atoms with Gasteiger partial charge in [0.2, 0.25) is 0 Å². The van der Waals surface area contributed by atoms with Gasteiger partial charge in [-0.2, -0.15) is 0 Å². The minimum Gasteiger partial charge on any atom is -0.430 e. The van der Waals surface area contributed by atoms with E-state index in [9.17, 15) is 9.90 Å². The van der Waals surface area contributed by atoms with Crippen molar-refractivity contribution in [3.05, 3.63) is 25.3 Å². The van der Waals surface area contributed by atoms with Gasteiger partial charge in [-0.05, 0) is 31.6 Å². The number of ether oxygens (including phenoxy) is 2. The third kappa shape index (κ3) is 4.61. The highest BCUT2D eigenvalue weighted by molar-refractivity contribution is 5.60. The first-order valence-electron chi connectivity index (χ1n) is 5.92. The monoisotopic (exact) mass is 240 g/mol. The SMILES string of the molecule is C=CCOC(=O)OC(C=C)C1CCC(O)CC1. The quantitative estimate of drug-likeness (QED) is 0.592. The van der Waals surface area contributed by atoms with Crippen molar-refractivity contribution in [1.29, 1.82) is 0 Å². The highest BCUT2D eigenvalue weighted by Gasteiger charge is 2.27. The molecular weight excluding hydrogens is 220 g/mol. The topological polar surface area (TPSA) is 55.8 Å². The number of carbonyl (C=O) groups is 1. The summed E-state index contributed by atoms with van der Waals surface area (Å²) in [6, 6.07) is 0. The third-order valence-corrected chi connectivity index (χ3v) is 2.99. The standard InChI is InChI=1S/C13H20O4/c1-3-9-16-13(15)17-12(4-2)10-5-7-11(14)8-6-10/h3-4,10-12,14H,1-2,5-9H2. The number of hydrogen-bond donors (Lipinski definition) is 1. The lowest BCUT2D eigenvalue weighted by atomic mass is 9.84. The van der Waals surface area contributed by atoms with Crippen molar-refractivity contribution in [2.24, 2.45) is 5.92 Å². The molecule has 0 aromatic heterocycles. The van der Waals surface area contributed by atoms with Crippen LogP contribution in [0.4, 0.5) is 4.79 Å². The van der Waals surface area contributed by atoms with Crippen molar-refractivity contribution in [2.45, 2.75) is 37.9 Å². The molecule has 0 radical (unpaired) electrons. The lowest BCUT2D eigenvalue weighted by Gasteiger charge is -2.29. The Hall–Kier alpha value is -1.29. The Morgan fingerprint density at radius 1 is 1.35 bits per heavy atom. The molecule has 0 bridgehead atoms. The molecule has 1 aliphatic carbocycles. The molecule has 96 valence electrons. The molecule has 1 fully saturated rings. The molecular formula is C13H20O4. The van der Waals surface area contributed by atoms with Gasteiger partial charge in [0.1, 0.15) is 12.7 Å². The van der Waals surface area contributed by atoms with Crippen molar-refractivity contribution in [1.82, 2.24) is 0 Å². The van der Waals surface area contributed by atoms with Crippen LogP contribution in [0.3, 0.4) is 0 Å². The van der Waals surface area contributed by atoms with E-state index in [1.807, 2.05) is 0 Å². The molecule has 4 heteroatoms. The normalized spacial score (nSPS) is 25.7. The number of carbonyl (C=O) groups excluding carboxylic acids is 1. The lowest BCUT2D eigenvalue weighted by Crippen LogP contribution is -2.30. The summed E-state index contributed by atoms with van der Waals surface area (Å²) < 4.78 is 9.93. The second-order valence-corrected chi connectivity index (χ2v) is 4.24. The molecule has 0 aromatic rings. The number of aliphatic hydroxyl groups is 1. The second kappa shape index (κ2) is 7.12. The van der Waals surface area contributed by atoms with Crippen molar-refractivity contribution in [3.63, 3.8) is 0 Å². The van der Waals surface area contributed by atoms with Crippen LogP contribution in [0.25, 0.3) is 0 Å². The minimum atomic E-state index is -0.694. The van der Waals surface area contributed by atoms with Crippen LogP contribution in [-0.2, 0) is 9.47 Å². The van der Waals surface area contributed by atoms with Gasteiger partial charge in [-0.1, -0.05) is 25.3 Å². The summed E-state index contributed by atoms with van der Waals surface area (Å²) in [5.41, 5.74) is 0. The van der Waals surface area contributed by atoms with E-state index >= 15 is 0 Å². The molecule has 0 saturated heterocycles. The van der Waals surface area contributed by atoms with Crippen molar-refractivity contribution in [2.75, 3.05) is 6.61 Å². The maximum atomic E-state index is 11.3. The van der Waals surface area contributed by atoms with Gasteiger partial charge in [0, 0.05) is 0 Å². The van der Waals surface area contributed by atoms with Crippen LogP contribution in [0.2, 0.25) is 0 Å². The second-order valence-electron chi connectivity index (χ2n) is 4.24. The molecule has 1 rings (SSSR count). The maximum Gasteiger partial charge on any atom is 0.509 e. The first kappa shape index (κ1) is 13.8. The lowest BCUT2D eigenvalue weighted by molar-refractivity contribution is 0.00767. The minimum absolute atomic E-state index is 0.145. The van der Waals surface area contributed by atoms with E-state index in [0.29, 0.717) is 0 Å². The Morgan fingerprint density at radius 3 is 2.53 bits per heavy atom. The molecule has 17 heavy (non-hydrogen) atoms. The Morgan fingerprint density at radius 2 is 2.00 bits per heavy atom. The first-order chi connectivity index (χ1) is 8.17. The van der Waals surface area contributed by atoms with Crippen LogP contribution in [-0.4, -0.2) is 30.1 Å². The van der Waals surface area contributed by atoms with E-state index in [2.05, 4.69) is 13.2 Å². The molecule has 4 nitrogen and oxygen atoms in total. The maximum absolute atomic E-state index is 11.3. The van der Waals surface area contributed by atoms with Crippen molar-refractivity contribution in [3.8, 4) is 0 Å². The smallest absolute Gasteiger partial charge is 0.430 e. The summed E-state index contributed by atoms with van der Waals surface area (Å²) >= 11 is 0. The molecule has 0 spiro atoms. The predicted octanol–water partition coefficient (Wildman–Crippen LogP) is 2.43. The average Bonchev–Trinajstić information content (AvgIpc) is 2.34. The van der Waals surface area contributed by atoms with E-state index in [0.717, 1.165) is 25.7 Å². The molecule has 1 N–H and O–H groups in total. The van der Waals surface area contributed by atoms with Crippen molar-refractivity contribution < 1.29 is 19.4 Å². The Bertz CT molecular complexity index is 267. The fourth-order valence-corrected chi connectivity index (χ4v) is 2.04. The fourth-order valence-electron chi connectivity index (χ4n) is 2.04. The molecule has 1 saturated carbocycles. The Labute approximate surface area is 102 Å². The van der Waals surface area contributed by atoms with Gasteiger partial charge in [-0.25, -0.2) is 4.79 Å². The summed E-state index contributed by atoms with van der Waals surface area (Å²) in [5.74, 6) is 0.229. The first-order valence-corrected chi connectivity index (χ1v) is 5.92. The zero-order chi connectivity index (χ0) is 12.7. The highest BCUT2D eigenvalue weighted by atomic mass is 16.7. The number of aliphatic hydroxyl groups excluding tert-OH is 1. The zero-order valence-corrected chi connectivity index (χ0v) is 10.0. The van der Waals surface area contributed by atoms with Crippen LogP contribution in [0.5, 0.6) is 0 Å². The zero-order valence-electron chi connectivity index (χ0n) is 10.0. The predicted molar refractivity (Wildman–Crippen MR) is 64.6 cm³/mol. The molecule has 0 aromatic carbocycles. The fraction of sp³-hybridized carbons (Fsp3) is 0.615. The third-order valence-electron chi connectivity index (χ3n) is 2.99. The van der Waals surface area contributed by atoms with E-state index in [1.54, 1.807) is 6.08 Å². The van der Waals surface area contributed by atoms with Crippen LogP contribution < -0.4 is 0 Å². The number of hydrogen-bond acceptors (Lipinski definition) is 4. The molecule has 0 amide bonds. The molecule has 1 unspecified atom stereocenters. The van der Waals surface area contributed by atoms with Crippen LogP contribution in [0.1, 0.15) is 25.7 Å². The Kier molecular flexibility index (Phi) is 5.77. The van der Waals surface area contributed by atoms with Gasteiger partial charge in [-0.15, -0.1) is 0 Å². The molecule has 0 aliphatic heterocycles. The van der Waals surface area contributed by atoms with E-state index in [-0.39, 0.29) is 24.7 Å². The van der Waals surface area contributed by atoms with Gasteiger partial charge >= 0.3 is 6.16 Å². The van der Waals surface area contributed by atoms with E-state index in [4.69, 9.17) is 9.47 Å². The Balaban J connectivity index is 2.39. The number of rotatable bonds is 5. The van der Waals surface area contributed by atoms with E-state index in [1.165, 1.54) is 6.08 Å². The molecule has 1 atom stereocenters. The van der Waals surface area contributed by atoms with Crippen LogP contribution >= 0.6 is 0 Å². The van der Waals surface area contributed by atoms with Crippen LogP contribution in [0, 0.1) is 5.92 Å². The molecule has 1 aliphatic rings. The summed E-state index contributed by atoms with van der Waals surface area (Å²) in [7, 11) is 0. The summed E-state index contributed by atoms with van der Waals surface area (Å²) in [6.07, 6.45) is 5.04. The average molecular weight is 240 g/mol. The largest absolute Gasteiger partial charge is 0.509 e.